The number of amides is 1. The Labute approximate surface area is 184 Å². The lowest BCUT2D eigenvalue weighted by Crippen LogP contribution is -2.53. The van der Waals surface area contributed by atoms with Crippen molar-refractivity contribution in [2.45, 2.75) is 43.4 Å². The number of thioether (sulfide) groups is 1. The van der Waals surface area contributed by atoms with E-state index in [4.69, 9.17) is 0 Å². The van der Waals surface area contributed by atoms with E-state index in [0.29, 0.717) is 16.9 Å². The molecule has 1 spiro atoms. The molecule has 2 aliphatic rings. The molecule has 1 aromatic rings. The number of hydrogen-bond acceptors (Lipinski definition) is 3. The fraction of sp³-hybridized carbons (Fsp3) is 0.600. The molecular formula is C20H31IN4OS. The molecule has 0 radical (unpaired) electrons. The molecule has 0 bridgehead atoms. The van der Waals surface area contributed by atoms with Crippen molar-refractivity contribution in [3.05, 3.63) is 35.4 Å². The Morgan fingerprint density at radius 2 is 2.07 bits per heavy atom. The van der Waals surface area contributed by atoms with Gasteiger partial charge in [-0.3, -0.25) is 9.79 Å². The number of benzene rings is 1. The van der Waals surface area contributed by atoms with E-state index in [2.05, 4.69) is 32.3 Å². The first-order chi connectivity index (χ1) is 12.7. The number of nitrogens with zero attached hydrogens (tertiary/aromatic N) is 2. The van der Waals surface area contributed by atoms with Crippen molar-refractivity contribution in [2.24, 2.45) is 4.99 Å². The number of hydrogen-bond donors (Lipinski definition) is 2. The van der Waals surface area contributed by atoms with Crippen LogP contribution >= 0.6 is 35.7 Å². The van der Waals surface area contributed by atoms with Crippen LogP contribution in [0.2, 0.25) is 0 Å². The normalized spacial score (nSPS) is 19.3. The Bertz CT molecular complexity index is 656. The summed E-state index contributed by atoms with van der Waals surface area (Å²) < 4.78 is 0.424. The quantitative estimate of drug-likeness (QED) is 0.378. The molecule has 1 aliphatic carbocycles. The molecular weight excluding hydrogens is 471 g/mol. The van der Waals surface area contributed by atoms with E-state index < -0.39 is 0 Å². The molecule has 27 heavy (non-hydrogen) atoms. The maximum absolute atomic E-state index is 11.8. The first-order valence-electron chi connectivity index (χ1n) is 9.56. The van der Waals surface area contributed by atoms with Gasteiger partial charge in [0, 0.05) is 49.8 Å². The molecule has 3 rings (SSSR count). The third kappa shape index (κ3) is 5.76. The van der Waals surface area contributed by atoms with Crippen LogP contribution in [0.25, 0.3) is 0 Å². The van der Waals surface area contributed by atoms with Gasteiger partial charge in [0.25, 0.3) is 5.91 Å². The highest BCUT2D eigenvalue weighted by molar-refractivity contribution is 14.0. The molecule has 0 atom stereocenters. The smallest absolute Gasteiger partial charge is 0.251 e. The Balaban J connectivity index is 0.00000261. The van der Waals surface area contributed by atoms with E-state index in [1.807, 2.05) is 31.3 Å². The van der Waals surface area contributed by atoms with Crippen LogP contribution in [0.5, 0.6) is 0 Å². The Morgan fingerprint density at radius 3 is 2.78 bits per heavy atom. The van der Waals surface area contributed by atoms with Crippen LogP contribution in [0.3, 0.4) is 0 Å². The summed E-state index contributed by atoms with van der Waals surface area (Å²) in [6.45, 7) is 2.81. The molecule has 7 heteroatoms. The summed E-state index contributed by atoms with van der Waals surface area (Å²) in [6, 6.07) is 7.75. The molecule has 1 saturated heterocycles. The van der Waals surface area contributed by atoms with Gasteiger partial charge in [-0.25, -0.2) is 0 Å². The molecule has 0 aromatic heterocycles. The van der Waals surface area contributed by atoms with Gasteiger partial charge in [-0.15, -0.1) is 24.0 Å². The summed E-state index contributed by atoms with van der Waals surface area (Å²) in [4.78, 5) is 18.8. The van der Waals surface area contributed by atoms with Gasteiger partial charge in [0.2, 0.25) is 0 Å². The monoisotopic (exact) mass is 502 g/mol. The molecule has 2 N–H and O–H groups in total. The zero-order chi connectivity index (χ0) is 18.4. The summed E-state index contributed by atoms with van der Waals surface area (Å²) in [7, 11) is 3.52. The van der Waals surface area contributed by atoms with Gasteiger partial charge in [-0.05, 0) is 30.5 Å². The van der Waals surface area contributed by atoms with Crippen LogP contribution in [-0.2, 0) is 6.54 Å². The molecule has 1 aromatic carbocycles. The third-order valence-electron chi connectivity index (χ3n) is 5.39. The zero-order valence-corrected chi connectivity index (χ0v) is 19.4. The molecule has 1 heterocycles. The van der Waals surface area contributed by atoms with Crippen molar-refractivity contribution in [2.75, 3.05) is 32.9 Å². The summed E-state index contributed by atoms with van der Waals surface area (Å²) in [5.41, 5.74) is 1.78. The van der Waals surface area contributed by atoms with Gasteiger partial charge >= 0.3 is 0 Å². The second-order valence-electron chi connectivity index (χ2n) is 7.19. The van der Waals surface area contributed by atoms with Crippen molar-refractivity contribution in [1.82, 2.24) is 15.5 Å². The average molecular weight is 502 g/mol. The van der Waals surface area contributed by atoms with Gasteiger partial charge in [-0.1, -0.05) is 31.4 Å². The lowest BCUT2D eigenvalue weighted by Gasteiger charge is -2.45. The van der Waals surface area contributed by atoms with Crippen molar-refractivity contribution >= 4 is 47.6 Å². The number of carbonyl (C=O) groups excluding carboxylic acids is 1. The van der Waals surface area contributed by atoms with E-state index in [1.54, 1.807) is 7.05 Å². The summed E-state index contributed by atoms with van der Waals surface area (Å²) in [5, 5.41) is 6.17. The Kier molecular flexibility index (Phi) is 8.72. The third-order valence-corrected chi connectivity index (χ3v) is 6.93. The molecule has 2 fully saturated rings. The highest BCUT2D eigenvalue weighted by Crippen LogP contribution is 2.42. The summed E-state index contributed by atoms with van der Waals surface area (Å²) in [5.74, 6) is 2.09. The molecule has 1 aliphatic heterocycles. The Hall–Kier alpha value is -0.960. The van der Waals surface area contributed by atoms with Gasteiger partial charge in [0.15, 0.2) is 5.96 Å². The average Bonchev–Trinajstić information content (AvgIpc) is 2.69. The predicted molar refractivity (Wildman–Crippen MR) is 125 cm³/mol. The standard InChI is InChI=1S/C20H30N4OS.HI/c1-21-18(25)17-8-6-7-16(13-17)14-23-19(22-2)24-11-12-26-20(15-24)9-4-3-5-10-20;/h6-8,13H,3-5,9-12,14-15H2,1-2H3,(H,21,25)(H,22,23);1H. The van der Waals surface area contributed by atoms with Crippen LogP contribution in [-0.4, -0.2) is 54.5 Å². The van der Waals surface area contributed by atoms with Crippen LogP contribution in [0.15, 0.2) is 29.3 Å². The van der Waals surface area contributed by atoms with Gasteiger partial charge < -0.3 is 15.5 Å². The van der Waals surface area contributed by atoms with Crippen LogP contribution in [0.1, 0.15) is 48.0 Å². The molecule has 150 valence electrons. The van der Waals surface area contributed by atoms with Crippen LogP contribution < -0.4 is 10.6 Å². The molecule has 0 unspecified atom stereocenters. The largest absolute Gasteiger partial charge is 0.355 e. The highest BCUT2D eigenvalue weighted by Gasteiger charge is 2.38. The second kappa shape index (κ2) is 10.5. The minimum absolute atomic E-state index is 0. The highest BCUT2D eigenvalue weighted by atomic mass is 127. The minimum Gasteiger partial charge on any atom is -0.355 e. The van der Waals surface area contributed by atoms with Gasteiger partial charge in [0.1, 0.15) is 0 Å². The van der Waals surface area contributed by atoms with E-state index in [0.717, 1.165) is 24.6 Å². The second-order valence-corrected chi connectivity index (χ2v) is 8.76. The number of nitrogens with one attached hydrogen (secondary N) is 2. The predicted octanol–water partition coefficient (Wildman–Crippen LogP) is 3.49. The van der Waals surface area contributed by atoms with Crippen LogP contribution in [0.4, 0.5) is 0 Å². The van der Waals surface area contributed by atoms with Gasteiger partial charge in [-0.2, -0.15) is 11.8 Å². The lowest BCUT2D eigenvalue weighted by atomic mass is 9.87. The van der Waals surface area contributed by atoms with Crippen molar-refractivity contribution in [1.29, 1.82) is 0 Å². The maximum Gasteiger partial charge on any atom is 0.251 e. The number of rotatable bonds is 3. The first-order valence-corrected chi connectivity index (χ1v) is 10.5. The van der Waals surface area contributed by atoms with E-state index in [9.17, 15) is 4.79 Å². The fourth-order valence-corrected chi connectivity index (χ4v) is 5.57. The summed E-state index contributed by atoms with van der Waals surface area (Å²) in [6.07, 6.45) is 6.77. The topological polar surface area (TPSA) is 56.7 Å². The van der Waals surface area contributed by atoms with E-state index >= 15 is 0 Å². The summed E-state index contributed by atoms with van der Waals surface area (Å²) >= 11 is 2.17. The number of halogens is 1. The fourth-order valence-electron chi connectivity index (χ4n) is 4.00. The molecule has 1 amide bonds. The van der Waals surface area contributed by atoms with Crippen molar-refractivity contribution in [3.63, 3.8) is 0 Å². The number of aliphatic imine (C=N–C) groups is 1. The van der Waals surface area contributed by atoms with Crippen molar-refractivity contribution < 1.29 is 4.79 Å². The van der Waals surface area contributed by atoms with E-state index in [1.165, 1.54) is 37.9 Å². The number of guanidine groups is 1. The zero-order valence-electron chi connectivity index (χ0n) is 16.3. The Morgan fingerprint density at radius 1 is 1.30 bits per heavy atom. The SMILES string of the molecule is CN=C(NCc1cccc(C(=O)NC)c1)N1CCSC2(CCCCC2)C1.I. The maximum atomic E-state index is 11.8. The van der Waals surface area contributed by atoms with Crippen molar-refractivity contribution in [3.8, 4) is 0 Å². The molecule has 1 saturated carbocycles. The van der Waals surface area contributed by atoms with Gasteiger partial charge in [0.05, 0.1) is 0 Å². The molecule has 5 nitrogen and oxygen atoms in total. The van der Waals surface area contributed by atoms with Crippen LogP contribution in [0, 0.1) is 0 Å². The minimum atomic E-state index is -0.0523. The number of carbonyl (C=O) groups is 1. The van der Waals surface area contributed by atoms with E-state index in [-0.39, 0.29) is 29.9 Å². The lowest BCUT2D eigenvalue weighted by molar-refractivity contribution is 0.0963. The first kappa shape index (κ1) is 22.3.